The van der Waals surface area contributed by atoms with E-state index >= 15 is 0 Å². The molecule has 0 aliphatic carbocycles. The average molecular weight is 298 g/mol. The average Bonchev–Trinajstić information content (AvgIpc) is 2.43. The highest BCUT2D eigenvalue weighted by Crippen LogP contribution is 2.22. The van der Waals surface area contributed by atoms with Gasteiger partial charge in [0.1, 0.15) is 0 Å². The molecule has 0 saturated heterocycles. The van der Waals surface area contributed by atoms with E-state index in [1.54, 1.807) is 0 Å². The Bertz CT molecular complexity index is 180. The lowest BCUT2D eigenvalue weighted by atomic mass is 10.1. The van der Waals surface area contributed by atoms with Gasteiger partial charge in [-0.15, -0.1) is 0 Å². The lowest BCUT2D eigenvalue weighted by molar-refractivity contribution is 0.298. The predicted molar refractivity (Wildman–Crippen MR) is 93.6 cm³/mol. The van der Waals surface area contributed by atoms with E-state index in [4.69, 9.17) is 3.79 Å². The maximum atomic E-state index is 6.32. The molecule has 0 aromatic rings. The molecule has 20 heavy (non-hydrogen) atoms. The van der Waals surface area contributed by atoms with Gasteiger partial charge in [0.05, 0.1) is 0 Å². The van der Waals surface area contributed by atoms with E-state index in [1.807, 2.05) is 0 Å². The minimum absolute atomic E-state index is 0.881. The third-order valence-electron chi connectivity index (χ3n) is 4.28. The van der Waals surface area contributed by atoms with Crippen LogP contribution in [0.15, 0.2) is 0 Å². The smallest absolute Gasteiger partial charge is 0.461 e. The van der Waals surface area contributed by atoms with Crippen LogP contribution in [0.1, 0.15) is 86.0 Å². The van der Waals surface area contributed by atoms with E-state index in [1.165, 1.54) is 61.9 Å². The highest BCUT2D eigenvalue weighted by atomic mass is 27.2. The van der Waals surface area contributed by atoms with Crippen LogP contribution in [0.5, 0.6) is 0 Å². The fraction of sp³-hybridized carbons (Fsp3) is 1.00. The summed E-state index contributed by atoms with van der Waals surface area (Å²) in [5, 5.41) is 2.81. The van der Waals surface area contributed by atoms with E-state index in [0.29, 0.717) is 0 Å². The van der Waals surface area contributed by atoms with Gasteiger partial charge in [-0.2, -0.15) is 0 Å². The fourth-order valence-electron chi connectivity index (χ4n) is 2.87. The SMILES string of the molecule is CCCC[O][Al]([CH2]C(C)CCCC)[CH2]C(C)CCCC. The Labute approximate surface area is 133 Å². The number of hydrogen-bond acceptors (Lipinski definition) is 1. The van der Waals surface area contributed by atoms with Crippen molar-refractivity contribution in [1.82, 2.24) is 0 Å². The van der Waals surface area contributed by atoms with E-state index < -0.39 is 14.5 Å². The van der Waals surface area contributed by atoms with Crippen molar-refractivity contribution in [2.24, 2.45) is 11.8 Å². The van der Waals surface area contributed by atoms with Crippen LogP contribution in [0.4, 0.5) is 0 Å². The zero-order valence-electron chi connectivity index (χ0n) is 14.9. The third kappa shape index (κ3) is 12.2. The first-order chi connectivity index (χ1) is 9.63. The van der Waals surface area contributed by atoms with Gasteiger partial charge in [-0.05, 0) is 6.42 Å². The molecule has 0 saturated carbocycles. The van der Waals surface area contributed by atoms with Crippen molar-refractivity contribution in [1.29, 1.82) is 0 Å². The molecule has 0 amide bonds. The van der Waals surface area contributed by atoms with Gasteiger partial charge in [-0.1, -0.05) is 102 Å². The topological polar surface area (TPSA) is 9.23 Å². The number of hydrogen-bond donors (Lipinski definition) is 0. The summed E-state index contributed by atoms with van der Waals surface area (Å²) in [4.78, 5) is 0. The molecule has 0 radical (unpaired) electrons. The summed E-state index contributed by atoms with van der Waals surface area (Å²) in [7, 11) is 0. The molecular formula is C18H39AlO. The highest BCUT2D eigenvalue weighted by Gasteiger charge is 2.25. The zero-order chi connectivity index (χ0) is 15.2. The van der Waals surface area contributed by atoms with Crippen LogP contribution in [-0.2, 0) is 3.79 Å². The lowest BCUT2D eigenvalue weighted by Gasteiger charge is -2.20. The molecule has 0 rings (SSSR count). The summed E-state index contributed by atoms with van der Waals surface area (Å²) in [6.45, 7) is 12.8. The van der Waals surface area contributed by atoms with Crippen LogP contribution in [0.3, 0.4) is 0 Å². The molecule has 120 valence electrons. The molecule has 0 aromatic carbocycles. The second kappa shape index (κ2) is 14.4. The van der Waals surface area contributed by atoms with Crippen LogP contribution < -0.4 is 0 Å². The third-order valence-corrected chi connectivity index (χ3v) is 7.65. The molecule has 0 N–H and O–H groups in total. The van der Waals surface area contributed by atoms with Crippen molar-refractivity contribution in [3.05, 3.63) is 0 Å². The quantitative estimate of drug-likeness (QED) is 0.264. The van der Waals surface area contributed by atoms with Gasteiger partial charge < -0.3 is 3.79 Å². The summed E-state index contributed by atoms with van der Waals surface area (Å²) in [6.07, 6.45) is 10.8. The molecule has 0 spiro atoms. The summed E-state index contributed by atoms with van der Waals surface area (Å²) >= 11 is -0.966. The largest absolute Gasteiger partial charge is 0.501 e. The van der Waals surface area contributed by atoms with E-state index in [0.717, 1.165) is 18.4 Å². The van der Waals surface area contributed by atoms with Gasteiger partial charge in [0.25, 0.3) is 0 Å². The summed E-state index contributed by atoms with van der Waals surface area (Å²) in [6, 6.07) is 0. The summed E-state index contributed by atoms with van der Waals surface area (Å²) < 4.78 is 6.32. The first-order valence-electron chi connectivity index (χ1n) is 9.25. The highest BCUT2D eigenvalue weighted by molar-refractivity contribution is 6.51. The molecule has 2 heteroatoms. The van der Waals surface area contributed by atoms with Crippen LogP contribution in [-0.4, -0.2) is 21.1 Å². The molecule has 0 aromatic heterocycles. The molecule has 0 aliphatic heterocycles. The maximum Gasteiger partial charge on any atom is 0.461 e. The van der Waals surface area contributed by atoms with Crippen LogP contribution in [0, 0.1) is 11.8 Å². The zero-order valence-corrected chi connectivity index (χ0v) is 16.1. The van der Waals surface area contributed by atoms with Gasteiger partial charge >= 0.3 is 14.5 Å². The molecule has 2 unspecified atom stereocenters. The van der Waals surface area contributed by atoms with Crippen molar-refractivity contribution < 1.29 is 3.79 Å². The Morgan fingerprint density at radius 1 is 0.750 bits per heavy atom. The van der Waals surface area contributed by atoms with Gasteiger partial charge in [0.15, 0.2) is 0 Å². The van der Waals surface area contributed by atoms with E-state index in [9.17, 15) is 0 Å². The predicted octanol–water partition coefficient (Wildman–Crippen LogP) is 6.45. The Balaban J connectivity index is 4.10. The summed E-state index contributed by atoms with van der Waals surface area (Å²) in [5.74, 6) is 1.76. The summed E-state index contributed by atoms with van der Waals surface area (Å²) in [5.41, 5.74) is 0. The first-order valence-corrected chi connectivity index (χ1v) is 11.4. The van der Waals surface area contributed by atoms with Crippen molar-refractivity contribution in [2.75, 3.05) is 6.61 Å². The second-order valence-corrected chi connectivity index (χ2v) is 9.33. The van der Waals surface area contributed by atoms with E-state index in [2.05, 4.69) is 34.6 Å². The normalized spacial score (nSPS) is 14.2. The Kier molecular flexibility index (Phi) is 14.8. The van der Waals surface area contributed by atoms with Crippen molar-refractivity contribution in [3.63, 3.8) is 0 Å². The van der Waals surface area contributed by atoms with Crippen molar-refractivity contribution in [3.8, 4) is 0 Å². The van der Waals surface area contributed by atoms with Gasteiger partial charge in [-0.25, -0.2) is 0 Å². The molecular weight excluding hydrogens is 259 g/mol. The monoisotopic (exact) mass is 298 g/mol. The first kappa shape index (κ1) is 20.5. The molecule has 0 bridgehead atoms. The maximum absolute atomic E-state index is 6.32. The Morgan fingerprint density at radius 2 is 1.20 bits per heavy atom. The standard InChI is InChI=1S/2C7H15.C4H9O.Al/c2*1-4-5-6-7(2)3;1-2-3-4-5;/h2*7H,2,4-6H2,1,3H3;2-4H2,1H3;/q;;-1;+1. The molecule has 0 fully saturated rings. The lowest BCUT2D eigenvalue weighted by Crippen LogP contribution is -2.24. The van der Waals surface area contributed by atoms with E-state index in [-0.39, 0.29) is 0 Å². The molecule has 1 nitrogen and oxygen atoms in total. The van der Waals surface area contributed by atoms with Gasteiger partial charge in [-0.3, -0.25) is 0 Å². The molecule has 0 aliphatic rings. The molecule has 0 heterocycles. The Hall–Kier alpha value is 0.492. The fourth-order valence-corrected chi connectivity index (χ4v) is 6.10. The number of rotatable bonds is 14. The Morgan fingerprint density at radius 3 is 1.60 bits per heavy atom. The van der Waals surface area contributed by atoms with Gasteiger partial charge in [0.2, 0.25) is 0 Å². The minimum atomic E-state index is -0.966. The van der Waals surface area contributed by atoms with Crippen molar-refractivity contribution in [2.45, 2.75) is 96.6 Å². The van der Waals surface area contributed by atoms with Crippen molar-refractivity contribution >= 4 is 14.5 Å². The minimum Gasteiger partial charge on any atom is -0.501 e. The molecule has 2 atom stereocenters. The van der Waals surface area contributed by atoms with Crippen LogP contribution >= 0.6 is 0 Å². The number of unbranched alkanes of at least 4 members (excludes halogenated alkanes) is 3. The second-order valence-electron chi connectivity index (χ2n) is 6.81. The van der Waals surface area contributed by atoms with Crippen LogP contribution in [0.25, 0.3) is 0 Å². The van der Waals surface area contributed by atoms with Gasteiger partial charge in [0, 0.05) is 6.61 Å². The van der Waals surface area contributed by atoms with Crippen LogP contribution in [0.2, 0.25) is 10.6 Å².